The van der Waals surface area contributed by atoms with Crippen LogP contribution in [0.4, 0.5) is 0 Å². The molecule has 2 aliphatic rings. The molecule has 116 valence electrons. The highest BCUT2D eigenvalue weighted by molar-refractivity contribution is 7.89. The molecule has 5 nitrogen and oxygen atoms in total. The fourth-order valence-corrected chi connectivity index (χ4v) is 5.80. The first kappa shape index (κ1) is 14.8. The third kappa shape index (κ3) is 2.45. The van der Waals surface area contributed by atoms with Crippen LogP contribution in [-0.2, 0) is 10.0 Å². The average molecular weight is 310 g/mol. The van der Waals surface area contributed by atoms with Gasteiger partial charge in [0.05, 0.1) is 7.11 Å². The fraction of sp³-hybridized carbons (Fsp3) is 0.600. The number of hydrogen-bond donors (Lipinski definition) is 1. The summed E-state index contributed by atoms with van der Waals surface area (Å²) in [6, 6.07) is 5.47. The molecular weight excluding hydrogens is 288 g/mol. The van der Waals surface area contributed by atoms with Gasteiger partial charge >= 0.3 is 0 Å². The Kier molecular flexibility index (Phi) is 3.71. The number of methoxy groups -OCH3 is 1. The second-order valence-electron chi connectivity index (χ2n) is 6.11. The first-order valence-electron chi connectivity index (χ1n) is 7.37. The second-order valence-corrected chi connectivity index (χ2v) is 7.92. The van der Waals surface area contributed by atoms with Crippen LogP contribution in [-0.4, -0.2) is 38.0 Å². The highest BCUT2D eigenvalue weighted by Gasteiger charge is 2.47. The highest BCUT2D eigenvalue weighted by Crippen LogP contribution is 2.41. The van der Waals surface area contributed by atoms with Crippen molar-refractivity contribution >= 4 is 10.0 Å². The Bertz CT molecular complexity index is 630. The van der Waals surface area contributed by atoms with Gasteiger partial charge in [-0.2, -0.15) is 4.31 Å². The largest absolute Gasteiger partial charge is 0.495 e. The third-order valence-electron chi connectivity index (χ3n) is 4.58. The Labute approximate surface area is 126 Å². The van der Waals surface area contributed by atoms with Crippen molar-refractivity contribution in [3.63, 3.8) is 0 Å². The van der Waals surface area contributed by atoms with Crippen LogP contribution in [0.2, 0.25) is 0 Å². The van der Waals surface area contributed by atoms with Gasteiger partial charge in [0.1, 0.15) is 10.6 Å². The van der Waals surface area contributed by atoms with Gasteiger partial charge < -0.3 is 10.5 Å². The van der Waals surface area contributed by atoms with Gasteiger partial charge in [-0.15, -0.1) is 0 Å². The van der Waals surface area contributed by atoms with Crippen molar-refractivity contribution in [2.45, 2.75) is 55.6 Å². The molecular formula is C15H22N2O3S. The van der Waals surface area contributed by atoms with Gasteiger partial charge in [0, 0.05) is 18.1 Å². The fourth-order valence-electron chi connectivity index (χ4n) is 3.67. The van der Waals surface area contributed by atoms with Crippen molar-refractivity contribution in [3.05, 3.63) is 23.8 Å². The molecule has 2 aliphatic heterocycles. The van der Waals surface area contributed by atoms with Crippen LogP contribution >= 0.6 is 0 Å². The summed E-state index contributed by atoms with van der Waals surface area (Å²) in [5, 5.41) is 0. The molecule has 0 aromatic heterocycles. The van der Waals surface area contributed by atoms with E-state index in [0.29, 0.717) is 5.75 Å². The quantitative estimate of drug-likeness (QED) is 0.921. The summed E-state index contributed by atoms with van der Waals surface area (Å²) in [6.45, 7) is 1.89. The summed E-state index contributed by atoms with van der Waals surface area (Å²) >= 11 is 0. The first-order valence-corrected chi connectivity index (χ1v) is 8.81. The predicted molar refractivity (Wildman–Crippen MR) is 80.8 cm³/mol. The van der Waals surface area contributed by atoms with Crippen LogP contribution in [0.1, 0.15) is 31.2 Å². The van der Waals surface area contributed by atoms with Crippen LogP contribution in [0.15, 0.2) is 23.1 Å². The normalized spacial score (nSPS) is 29.6. The molecule has 6 heteroatoms. The number of hydrogen-bond acceptors (Lipinski definition) is 4. The lowest BCUT2D eigenvalue weighted by molar-refractivity contribution is 0.226. The van der Waals surface area contributed by atoms with Crippen LogP contribution in [0, 0.1) is 6.92 Å². The average Bonchev–Trinajstić information content (AvgIpc) is 2.72. The molecule has 21 heavy (non-hydrogen) atoms. The summed E-state index contributed by atoms with van der Waals surface area (Å²) in [5.41, 5.74) is 6.95. The van der Waals surface area contributed by atoms with Crippen LogP contribution < -0.4 is 10.5 Å². The molecule has 2 saturated heterocycles. The van der Waals surface area contributed by atoms with E-state index in [1.165, 1.54) is 7.11 Å². The van der Waals surface area contributed by atoms with E-state index in [0.717, 1.165) is 31.2 Å². The van der Waals surface area contributed by atoms with E-state index in [-0.39, 0.29) is 23.0 Å². The number of fused-ring (bicyclic) bond motifs is 2. The predicted octanol–water partition coefficient (Wildman–Crippen LogP) is 1.65. The Hall–Kier alpha value is -1.11. The van der Waals surface area contributed by atoms with Gasteiger partial charge in [-0.25, -0.2) is 8.42 Å². The van der Waals surface area contributed by atoms with Gasteiger partial charge in [-0.3, -0.25) is 0 Å². The molecule has 2 fully saturated rings. The molecule has 0 spiro atoms. The smallest absolute Gasteiger partial charge is 0.247 e. The van der Waals surface area contributed by atoms with Crippen molar-refractivity contribution in [2.24, 2.45) is 5.73 Å². The second kappa shape index (κ2) is 5.26. The molecule has 2 heterocycles. The minimum atomic E-state index is -3.53. The summed E-state index contributed by atoms with van der Waals surface area (Å²) in [7, 11) is -2.03. The van der Waals surface area contributed by atoms with Crippen LogP contribution in [0.25, 0.3) is 0 Å². The number of aryl methyl sites for hydroxylation is 1. The zero-order chi connectivity index (χ0) is 15.2. The molecule has 0 saturated carbocycles. The monoisotopic (exact) mass is 310 g/mol. The summed E-state index contributed by atoms with van der Waals surface area (Å²) in [5.74, 6) is 0.412. The van der Waals surface area contributed by atoms with Gasteiger partial charge in [0.15, 0.2) is 0 Å². The van der Waals surface area contributed by atoms with E-state index in [4.69, 9.17) is 10.5 Å². The molecule has 0 aliphatic carbocycles. The van der Waals surface area contributed by atoms with Crippen LogP contribution in [0.5, 0.6) is 5.75 Å². The van der Waals surface area contributed by atoms with Gasteiger partial charge in [-0.1, -0.05) is 6.07 Å². The van der Waals surface area contributed by atoms with E-state index in [9.17, 15) is 8.42 Å². The maximum Gasteiger partial charge on any atom is 0.247 e. The minimum Gasteiger partial charge on any atom is -0.495 e. The number of rotatable bonds is 3. The maximum absolute atomic E-state index is 13.1. The number of nitrogens with two attached hydrogens (primary N) is 1. The summed E-state index contributed by atoms with van der Waals surface area (Å²) in [6.07, 6.45) is 3.32. The standard InChI is InChI=1S/C15H22N2O3S/c1-10-3-6-14(20-2)15(7-10)21(18,19)17-12-4-5-13(17)9-11(16)8-12/h3,6-7,11-13H,4-5,8-9,16H2,1-2H3. The van der Waals surface area contributed by atoms with Crippen molar-refractivity contribution < 1.29 is 13.2 Å². The van der Waals surface area contributed by atoms with Crippen molar-refractivity contribution in [3.8, 4) is 5.75 Å². The van der Waals surface area contributed by atoms with E-state index in [1.807, 2.05) is 13.0 Å². The highest BCUT2D eigenvalue weighted by atomic mass is 32.2. The van der Waals surface area contributed by atoms with E-state index in [2.05, 4.69) is 0 Å². The Morgan fingerprint density at radius 1 is 1.24 bits per heavy atom. The molecule has 1 aromatic rings. The van der Waals surface area contributed by atoms with Gasteiger partial charge in [0.2, 0.25) is 10.0 Å². The zero-order valence-electron chi connectivity index (χ0n) is 12.5. The third-order valence-corrected chi connectivity index (χ3v) is 6.60. The Morgan fingerprint density at radius 2 is 1.86 bits per heavy atom. The lowest BCUT2D eigenvalue weighted by atomic mass is 10.0. The lowest BCUT2D eigenvalue weighted by Gasteiger charge is -2.36. The summed E-state index contributed by atoms with van der Waals surface area (Å²) in [4.78, 5) is 0.275. The number of piperidine rings is 1. The number of sulfonamides is 1. The van der Waals surface area contributed by atoms with Crippen molar-refractivity contribution in [2.75, 3.05) is 7.11 Å². The number of nitrogens with zero attached hydrogens (tertiary/aromatic N) is 1. The lowest BCUT2D eigenvalue weighted by Crippen LogP contribution is -2.50. The van der Waals surface area contributed by atoms with E-state index in [1.54, 1.807) is 16.4 Å². The van der Waals surface area contributed by atoms with E-state index >= 15 is 0 Å². The minimum absolute atomic E-state index is 0.0361. The molecule has 2 bridgehead atoms. The van der Waals surface area contributed by atoms with E-state index < -0.39 is 10.0 Å². The van der Waals surface area contributed by atoms with Crippen molar-refractivity contribution in [1.82, 2.24) is 4.31 Å². The molecule has 2 unspecified atom stereocenters. The van der Waals surface area contributed by atoms with Crippen LogP contribution in [0.3, 0.4) is 0 Å². The van der Waals surface area contributed by atoms with Gasteiger partial charge in [0.25, 0.3) is 0 Å². The maximum atomic E-state index is 13.1. The zero-order valence-corrected chi connectivity index (χ0v) is 13.3. The Morgan fingerprint density at radius 3 is 2.43 bits per heavy atom. The molecule has 1 aromatic carbocycles. The first-order chi connectivity index (χ1) is 9.93. The molecule has 0 amide bonds. The number of benzene rings is 1. The molecule has 2 atom stereocenters. The van der Waals surface area contributed by atoms with Crippen molar-refractivity contribution in [1.29, 1.82) is 0 Å². The molecule has 2 N–H and O–H groups in total. The SMILES string of the molecule is COc1ccc(C)cc1S(=O)(=O)N1C2CCC1CC(N)C2. The molecule has 0 radical (unpaired) electrons. The molecule has 3 rings (SSSR count). The Balaban J connectivity index is 2.04. The summed E-state index contributed by atoms with van der Waals surface area (Å²) < 4.78 is 33.1. The van der Waals surface area contributed by atoms with Gasteiger partial charge in [-0.05, 0) is 50.3 Å². The topological polar surface area (TPSA) is 72.6 Å². The number of ether oxygens (including phenoxy) is 1.